The van der Waals surface area contributed by atoms with Crippen molar-refractivity contribution in [3.05, 3.63) is 35.9 Å². The van der Waals surface area contributed by atoms with Gasteiger partial charge in [-0.3, -0.25) is 4.70 Å². The fourth-order valence-corrected chi connectivity index (χ4v) is 0.789. The first-order valence-corrected chi connectivity index (χ1v) is 3.56. The smallest absolute Gasteiger partial charge is 0.338 e. The van der Waals surface area contributed by atoms with E-state index in [-0.39, 0.29) is 10.7 Å². The van der Waals surface area contributed by atoms with E-state index in [1.165, 1.54) is 0 Å². The molecule has 0 radical (unpaired) electrons. The Morgan fingerprint density at radius 2 is 1.92 bits per heavy atom. The second-order valence-electron chi connectivity index (χ2n) is 2.09. The van der Waals surface area contributed by atoms with Crippen LogP contribution in [0.4, 0.5) is 4.70 Å². The van der Waals surface area contributed by atoms with Crippen LogP contribution in [0.1, 0.15) is 17.3 Å². The molecule has 0 saturated heterocycles. The summed E-state index contributed by atoms with van der Waals surface area (Å²) in [5.74, 6) is -0.256. The molecule has 12 heavy (non-hydrogen) atoms. The lowest BCUT2D eigenvalue weighted by Gasteiger charge is -1.99. The van der Waals surface area contributed by atoms with E-state index in [9.17, 15) is 4.79 Å². The topological polar surface area (TPSA) is 26.3 Å². The molecule has 0 N–H and O–H groups in total. The second-order valence-corrected chi connectivity index (χ2v) is 2.09. The van der Waals surface area contributed by atoms with Crippen LogP contribution in [0.15, 0.2) is 30.3 Å². The fraction of sp³-hybridized carbons (Fsp3) is 0.222. The molecular weight excluding hydrogens is 159 g/mol. The largest absolute Gasteiger partial charge is 0.462 e. The number of benzene rings is 1. The zero-order valence-corrected chi connectivity index (χ0v) is 6.82. The van der Waals surface area contributed by atoms with Gasteiger partial charge in [0.15, 0.2) is 0 Å². The van der Waals surface area contributed by atoms with Crippen LogP contribution >= 0.6 is 0 Å². The minimum absolute atomic E-state index is 0. The van der Waals surface area contributed by atoms with Crippen LogP contribution in [-0.2, 0) is 4.74 Å². The van der Waals surface area contributed by atoms with Crippen LogP contribution < -0.4 is 0 Å². The average Bonchev–Trinajstić information content (AvgIpc) is 2.07. The molecule has 0 amide bonds. The lowest BCUT2D eigenvalue weighted by Crippen LogP contribution is -2.03. The van der Waals surface area contributed by atoms with Crippen molar-refractivity contribution in [2.75, 3.05) is 6.61 Å². The molecule has 1 aromatic carbocycles. The van der Waals surface area contributed by atoms with Gasteiger partial charge in [-0.1, -0.05) is 18.2 Å². The standard InChI is InChI=1S/C9H10O2.FH/c1-2-11-9(10)8-6-4-3-5-7-8;/h3-7H,2H2,1H3;1H. The SMILES string of the molecule is CCOC(=O)c1ccccc1.F. The summed E-state index contributed by atoms with van der Waals surface area (Å²) in [6.45, 7) is 2.22. The van der Waals surface area contributed by atoms with E-state index in [0.29, 0.717) is 12.2 Å². The van der Waals surface area contributed by atoms with Crippen molar-refractivity contribution in [2.45, 2.75) is 6.92 Å². The maximum atomic E-state index is 11.0. The molecule has 0 unspecified atom stereocenters. The number of rotatable bonds is 2. The average molecular weight is 170 g/mol. The van der Waals surface area contributed by atoms with Crippen molar-refractivity contribution >= 4 is 5.97 Å². The van der Waals surface area contributed by atoms with Crippen molar-refractivity contribution in [2.24, 2.45) is 0 Å². The highest BCUT2D eigenvalue weighted by Gasteiger charge is 2.02. The molecule has 0 aliphatic rings. The first-order valence-electron chi connectivity index (χ1n) is 3.56. The Labute approximate surface area is 70.5 Å². The minimum Gasteiger partial charge on any atom is -0.462 e. The van der Waals surface area contributed by atoms with Gasteiger partial charge in [-0.05, 0) is 19.1 Å². The van der Waals surface area contributed by atoms with Gasteiger partial charge >= 0.3 is 5.97 Å². The molecule has 0 atom stereocenters. The van der Waals surface area contributed by atoms with Gasteiger partial charge in [0.1, 0.15) is 0 Å². The molecule has 0 aliphatic heterocycles. The first kappa shape index (κ1) is 10.6. The van der Waals surface area contributed by atoms with E-state index in [0.717, 1.165) is 0 Å². The molecule has 3 heteroatoms. The first-order chi connectivity index (χ1) is 5.34. The summed E-state index contributed by atoms with van der Waals surface area (Å²) < 4.78 is 4.79. The summed E-state index contributed by atoms with van der Waals surface area (Å²) >= 11 is 0. The zero-order valence-electron chi connectivity index (χ0n) is 6.82. The molecule has 0 heterocycles. The summed E-state index contributed by atoms with van der Waals surface area (Å²) in [5.41, 5.74) is 0.606. The summed E-state index contributed by atoms with van der Waals surface area (Å²) in [4.78, 5) is 11.0. The minimum atomic E-state index is -0.256. The molecule has 1 rings (SSSR count). The highest BCUT2D eigenvalue weighted by atomic mass is 19.0. The molecule has 1 aromatic rings. The van der Waals surface area contributed by atoms with E-state index < -0.39 is 0 Å². The molecule has 0 spiro atoms. The van der Waals surface area contributed by atoms with Crippen molar-refractivity contribution < 1.29 is 14.2 Å². The van der Waals surface area contributed by atoms with Gasteiger partial charge in [0.2, 0.25) is 0 Å². The predicted octanol–water partition coefficient (Wildman–Crippen LogP) is 2.02. The van der Waals surface area contributed by atoms with E-state index in [2.05, 4.69) is 0 Å². The Morgan fingerprint density at radius 1 is 1.33 bits per heavy atom. The molecule has 0 fully saturated rings. The number of carbonyl (C=O) groups excluding carboxylic acids is 1. The van der Waals surface area contributed by atoms with Gasteiger partial charge in [-0.25, -0.2) is 4.79 Å². The fourth-order valence-electron chi connectivity index (χ4n) is 0.789. The van der Waals surface area contributed by atoms with E-state index in [1.54, 1.807) is 19.1 Å². The van der Waals surface area contributed by atoms with Crippen molar-refractivity contribution in [1.29, 1.82) is 0 Å². The van der Waals surface area contributed by atoms with Crippen LogP contribution in [-0.4, -0.2) is 12.6 Å². The van der Waals surface area contributed by atoms with Crippen LogP contribution in [0.25, 0.3) is 0 Å². The van der Waals surface area contributed by atoms with Crippen LogP contribution in [0.3, 0.4) is 0 Å². The third kappa shape index (κ3) is 2.70. The highest BCUT2D eigenvalue weighted by molar-refractivity contribution is 5.89. The predicted molar refractivity (Wildman–Crippen MR) is 44.9 cm³/mol. The quantitative estimate of drug-likeness (QED) is 0.634. The van der Waals surface area contributed by atoms with Crippen LogP contribution in [0.5, 0.6) is 0 Å². The number of hydrogen-bond acceptors (Lipinski definition) is 2. The Balaban J connectivity index is 0.00000121. The number of hydrogen-bond donors (Lipinski definition) is 0. The van der Waals surface area contributed by atoms with E-state index >= 15 is 0 Å². The molecular formula is C9H11FO2. The zero-order chi connectivity index (χ0) is 8.10. The summed E-state index contributed by atoms with van der Waals surface area (Å²) in [6.07, 6.45) is 0. The Morgan fingerprint density at radius 3 is 2.42 bits per heavy atom. The second kappa shape index (κ2) is 5.29. The maximum absolute atomic E-state index is 11.0. The summed E-state index contributed by atoms with van der Waals surface area (Å²) in [7, 11) is 0. The molecule has 0 aromatic heterocycles. The molecule has 2 nitrogen and oxygen atoms in total. The summed E-state index contributed by atoms with van der Waals surface area (Å²) in [6, 6.07) is 8.96. The van der Waals surface area contributed by atoms with Gasteiger partial charge in [0.05, 0.1) is 12.2 Å². The monoisotopic (exact) mass is 170 g/mol. The lowest BCUT2D eigenvalue weighted by molar-refractivity contribution is 0.0526. The van der Waals surface area contributed by atoms with Crippen LogP contribution in [0.2, 0.25) is 0 Å². The normalized spacial score (nSPS) is 8.42. The van der Waals surface area contributed by atoms with Gasteiger partial charge in [0.25, 0.3) is 0 Å². The third-order valence-electron chi connectivity index (χ3n) is 1.28. The van der Waals surface area contributed by atoms with E-state index in [1.807, 2.05) is 18.2 Å². The molecule has 0 aliphatic carbocycles. The maximum Gasteiger partial charge on any atom is 0.338 e. The van der Waals surface area contributed by atoms with Crippen LogP contribution in [0, 0.1) is 0 Å². The lowest BCUT2D eigenvalue weighted by atomic mass is 10.2. The van der Waals surface area contributed by atoms with Gasteiger partial charge in [-0.15, -0.1) is 0 Å². The highest BCUT2D eigenvalue weighted by Crippen LogP contribution is 1.99. The van der Waals surface area contributed by atoms with Gasteiger partial charge in [0, 0.05) is 0 Å². The Hall–Kier alpha value is -1.38. The van der Waals surface area contributed by atoms with Crippen molar-refractivity contribution in [1.82, 2.24) is 0 Å². The number of carbonyl (C=O) groups is 1. The Bertz CT molecular complexity index is 234. The molecule has 0 saturated carbocycles. The third-order valence-corrected chi connectivity index (χ3v) is 1.28. The molecule has 66 valence electrons. The summed E-state index contributed by atoms with van der Waals surface area (Å²) in [5, 5.41) is 0. The molecule has 0 bridgehead atoms. The number of halogens is 1. The Kier molecular flexibility index (Phi) is 4.69. The van der Waals surface area contributed by atoms with Gasteiger partial charge in [-0.2, -0.15) is 0 Å². The van der Waals surface area contributed by atoms with Crippen molar-refractivity contribution in [3.8, 4) is 0 Å². The van der Waals surface area contributed by atoms with Gasteiger partial charge < -0.3 is 4.74 Å². The number of esters is 1. The van der Waals surface area contributed by atoms with Crippen molar-refractivity contribution in [3.63, 3.8) is 0 Å². The number of ether oxygens (including phenoxy) is 1. The van der Waals surface area contributed by atoms with E-state index in [4.69, 9.17) is 4.74 Å².